The summed E-state index contributed by atoms with van der Waals surface area (Å²) in [6.07, 6.45) is 0. The highest BCUT2D eigenvalue weighted by atomic mass is 16.6. The summed E-state index contributed by atoms with van der Waals surface area (Å²) in [6.45, 7) is 2.77. The van der Waals surface area contributed by atoms with Crippen molar-refractivity contribution in [3.05, 3.63) is 35.4 Å². The van der Waals surface area contributed by atoms with Gasteiger partial charge < -0.3 is 9.84 Å². The fourth-order valence-corrected chi connectivity index (χ4v) is 1.29. The van der Waals surface area contributed by atoms with E-state index in [9.17, 15) is 0 Å². The number of epoxide rings is 1. The molecule has 1 aliphatic heterocycles. The second-order valence-electron chi connectivity index (χ2n) is 3.31. The first-order chi connectivity index (χ1) is 5.77. The number of hydrogen-bond donors (Lipinski definition) is 1. The van der Waals surface area contributed by atoms with E-state index in [0.717, 1.165) is 5.56 Å². The van der Waals surface area contributed by atoms with E-state index >= 15 is 0 Å². The van der Waals surface area contributed by atoms with Gasteiger partial charge >= 0.3 is 0 Å². The van der Waals surface area contributed by atoms with Gasteiger partial charge in [0.05, 0.1) is 13.2 Å². The third-order valence-corrected chi connectivity index (χ3v) is 2.33. The molecule has 1 aromatic carbocycles. The maximum atomic E-state index is 9.05. The molecule has 1 aromatic rings. The molecule has 1 heterocycles. The SMILES string of the molecule is Cc1ccc([C@@]2(CO)CO2)cc1. The maximum absolute atomic E-state index is 9.05. The van der Waals surface area contributed by atoms with Crippen LogP contribution in [0.5, 0.6) is 0 Å². The first kappa shape index (κ1) is 7.77. The molecule has 12 heavy (non-hydrogen) atoms. The molecular weight excluding hydrogens is 152 g/mol. The van der Waals surface area contributed by atoms with Gasteiger partial charge in [0.2, 0.25) is 0 Å². The van der Waals surface area contributed by atoms with Crippen LogP contribution in [0, 0.1) is 6.92 Å². The zero-order chi connectivity index (χ0) is 8.60. The van der Waals surface area contributed by atoms with Crippen LogP contribution < -0.4 is 0 Å². The highest BCUT2D eigenvalue weighted by Gasteiger charge is 2.45. The Labute approximate surface area is 71.8 Å². The Morgan fingerprint density at radius 2 is 2.00 bits per heavy atom. The third-order valence-electron chi connectivity index (χ3n) is 2.33. The molecule has 1 saturated heterocycles. The largest absolute Gasteiger partial charge is 0.393 e. The predicted octanol–water partition coefficient (Wildman–Crippen LogP) is 1.21. The molecule has 0 radical (unpaired) electrons. The first-order valence-electron chi connectivity index (χ1n) is 4.09. The normalized spacial score (nSPS) is 27.2. The number of aliphatic hydroxyl groups excluding tert-OH is 1. The Morgan fingerprint density at radius 3 is 2.42 bits per heavy atom. The van der Waals surface area contributed by atoms with Crippen molar-refractivity contribution < 1.29 is 9.84 Å². The van der Waals surface area contributed by atoms with Crippen molar-refractivity contribution in [3.63, 3.8) is 0 Å². The molecule has 0 aromatic heterocycles. The number of ether oxygens (including phenoxy) is 1. The van der Waals surface area contributed by atoms with Gasteiger partial charge in [0.15, 0.2) is 0 Å². The van der Waals surface area contributed by atoms with Gasteiger partial charge in [-0.2, -0.15) is 0 Å². The lowest BCUT2D eigenvalue weighted by Crippen LogP contribution is -2.13. The van der Waals surface area contributed by atoms with E-state index in [1.165, 1.54) is 5.56 Å². The molecular formula is C10H12O2. The first-order valence-corrected chi connectivity index (χ1v) is 4.09. The molecule has 0 amide bonds. The van der Waals surface area contributed by atoms with Crippen molar-refractivity contribution in [1.82, 2.24) is 0 Å². The van der Waals surface area contributed by atoms with Crippen LogP contribution in [0.4, 0.5) is 0 Å². The van der Waals surface area contributed by atoms with Gasteiger partial charge in [0.25, 0.3) is 0 Å². The summed E-state index contributed by atoms with van der Waals surface area (Å²) in [7, 11) is 0. The van der Waals surface area contributed by atoms with Crippen LogP contribution in [0.25, 0.3) is 0 Å². The van der Waals surface area contributed by atoms with Crippen molar-refractivity contribution in [1.29, 1.82) is 0 Å². The fourth-order valence-electron chi connectivity index (χ4n) is 1.29. The molecule has 64 valence electrons. The van der Waals surface area contributed by atoms with Gasteiger partial charge in [-0.05, 0) is 12.5 Å². The monoisotopic (exact) mass is 164 g/mol. The zero-order valence-electron chi connectivity index (χ0n) is 7.08. The molecule has 2 rings (SSSR count). The summed E-state index contributed by atoms with van der Waals surface area (Å²) >= 11 is 0. The molecule has 2 nitrogen and oxygen atoms in total. The molecule has 2 heteroatoms. The van der Waals surface area contributed by atoms with Crippen molar-refractivity contribution >= 4 is 0 Å². The summed E-state index contributed by atoms with van der Waals surface area (Å²) < 4.78 is 5.22. The highest BCUT2D eigenvalue weighted by molar-refractivity contribution is 5.29. The Balaban J connectivity index is 2.29. The van der Waals surface area contributed by atoms with Crippen LogP contribution in [-0.2, 0) is 10.3 Å². The lowest BCUT2D eigenvalue weighted by molar-refractivity contribution is 0.172. The van der Waals surface area contributed by atoms with Crippen LogP contribution in [0.2, 0.25) is 0 Å². The van der Waals surface area contributed by atoms with Gasteiger partial charge in [-0.3, -0.25) is 0 Å². The Kier molecular flexibility index (Phi) is 1.67. The predicted molar refractivity (Wildman–Crippen MR) is 45.9 cm³/mol. The number of hydrogen-bond acceptors (Lipinski definition) is 2. The second kappa shape index (κ2) is 2.57. The van der Waals surface area contributed by atoms with Crippen LogP contribution >= 0.6 is 0 Å². The average molecular weight is 164 g/mol. The fraction of sp³-hybridized carbons (Fsp3) is 0.400. The molecule has 1 aliphatic rings. The van der Waals surface area contributed by atoms with Crippen molar-refractivity contribution in [3.8, 4) is 0 Å². The van der Waals surface area contributed by atoms with E-state index in [0.29, 0.717) is 6.61 Å². The number of aliphatic hydroxyl groups is 1. The lowest BCUT2D eigenvalue weighted by atomic mass is 10.00. The minimum Gasteiger partial charge on any atom is -0.393 e. The van der Waals surface area contributed by atoms with E-state index in [2.05, 4.69) is 0 Å². The van der Waals surface area contributed by atoms with E-state index in [-0.39, 0.29) is 12.2 Å². The zero-order valence-corrected chi connectivity index (χ0v) is 7.08. The minimum atomic E-state index is -0.367. The van der Waals surface area contributed by atoms with Crippen molar-refractivity contribution in [2.75, 3.05) is 13.2 Å². The summed E-state index contributed by atoms with van der Waals surface area (Å²) in [4.78, 5) is 0. The molecule has 0 saturated carbocycles. The summed E-state index contributed by atoms with van der Waals surface area (Å²) in [5.74, 6) is 0. The van der Waals surface area contributed by atoms with Gasteiger partial charge in [0, 0.05) is 0 Å². The van der Waals surface area contributed by atoms with Crippen molar-refractivity contribution in [2.24, 2.45) is 0 Å². The number of aryl methyl sites for hydroxylation is 1. The van der Waals surface area contributed by atoms with E-state index in [4.69, 9.17) is 9.84 Å². The third kappa shape index (κ3) is 1.13. The standard InChI is InChI=1S/C10H12O2/c1-8-2-4-9(5-3-8)10(6-11)7-12-10/h2-5,11H,6-7H2,1H3/t10-/m1/s1. The second-order valence-corrected chi connectivity index (χ2v) is 3.31. The molecule has 0 bridgehead atoms. The number of benzene rings is 1. The molecule has 1 atom stereocenters. The molecule has 1 fully saturated rings. The molecule has 0 aliphatic carbocycles. The van der Waals surface area contributed by atoms with Gasteiger partial charge in [-0.25, -0.2) is 0 Å². The maximum Gasteiger partial charge on any atom is 0.139 e. The summed E-state index contributed by atoms with van der Waals surface area (Å²) in [5, 5.41) is 9.05. The highest BCUT2D eigenvalue weighted by Crippen LogP contribution is 2.37. The van der Waals surface area contributed by atoms with Gasteiger partial charge in [-0.1, -0.05) is 29.8 Å². The molecule has 1 N–H and O–H groups in total. The molecule has 0 spiro atoms. The van der Waals surface area contributed by atoms with Gasteiger partial charge in [-0.15, -0.1) is 0 Å². The smallest absolute Gasteiger partial charge is 0.139 e. The van der Waals surface area contributed by atoms with Crippen LogP contribution in [0.1, 0.15) is 11.1 Å². The van der Waals surface area contributed by atoms with E-state index in [1.54, 1.807) is 0 Å². The Morgan fingerprint density at radius 1 is 1.42 bits per heavy atom. The Bertz CT molecular complexity index is 272. The topological polar surface area (TPSA) is 32.8 Å². The van der Waals surface area contributed by atoms with E-state index < -0.39 is 0 Å². The summed E-state index contributed by atoms with van der Waals surface area (Å²) in [5.41, 5.74) is 1.94. The van der Waals surface area contributed by atoms with Gasteiger partial charge in [0.1, 0.15) is 5.60 Å². The Hall–Kier alpha value is -0.860. The van der Waals surface area contributed by atoms with Crippen LogP contribution in [0.15, 0.2) is 24.3 Å². The number of rotatable bonds is 2. The van der Waals surface area contributed by atoms with E-state index in [1.807, 2.05) is 31.2 Å². The lowest BCUT2D eigenvalue weighted by Gasteiger charge is -2.07. The van der Waals surface area contributed by atoms with Crippen molar-refractivity contribution in [2.45, 2.75) is 12.5 Å². The summed E-state index contributed by atoms with van der Waals surface area (Å²) in [6, 6.07) is 8.10. The molecule has 0 unspecified atom stereocenters. The quantitative estimate of drug-likeness (QED) is 0.666. The van der Waals surface area contributed by atoms with Crippen LogP contribution in [-0.4, -0.2) is 18.3 Å². The van der Waals surface area contributed by atoms with Crippen LogP contribution in [0.3, 0.4) is 0 Å². The average Bonchev–Trinajstić information content (AvgIpc) is 2.86. The minimum absolute atomic E-state index is 0.0794.